The summed E-state index contributed by atoms with van der Waals surface area (Å²) in [5, 5.41) is 0.410. The molecule has 2 aliphatic rings. The standard InChI is InChI=1S/C17H21ClN4O4/c1-2-20-8-9-22(16(24)15(20)23)17(25)21-7-3-4-12(11-21)26-14-5-6-19-10-13(14)18/h5-6,10,12H,2-4,7-9,11H2,1H3/t12-/m1/s1. The second-order valence-corrected chi connectivity index (χ2v) is 6.67. The Morgan fingerprint density at radius 2 is 2.12 bits per heavy atom. The van der Waals surface area contributed by atoms with Crippen LogP contribution in [0.4, 0.5) is 4.79 Å². The Balaban J connectivity index is 1.64. The van der Waals surface area contributed by atoms with Gasteiger partial charge in [0.15, 0.2) is 0 Å². The van der Waals surface area contributed by atoms with Crippen LogP contribution in [0, 0.1) is 0 Å². The van der Waals surface area contributed by atoms with Crippen LogP contribution in [-0.4, -0.2) is 76.4 Å². The van der Waals surface area contributed by atoms with E-state index in [-0.39, 0.29) is 12.6 Å². The van der Waals surface area contributed by atoms with Crippen LogP contribution in [0.5, 0.6) is 5.75 Å². The van der Waals surface area contributed by atoms with Crippen molar-refractivity contribution < 1.29 is 19.1 Å². The van der Waals surface area contributed by atoms with Crippen molar-refractivity contribution in [1.29, 1.82) is 0 Å². The van der Waals surface area contributed by atoms with E-state index in [4.69, 9.17) is 16.3 Å². The number of amides is 4. The number of halogens is 1. The molecule has 3 rings (SSSR count). The number of piperidine rings is 1. The van der Waals surface area contributed by atoms with Gasteiger partial charge in [-0.05, 0) is 19.8 Å². The highest BCUT2D eigenvalue weighted by molar-refractivity contribution is 6.38. The number of likely N-dealkylation sites (tertiary alicyclic amines) is 1. The van der Waals surface area contributed by atoms with Gasteiger partial charge in [0.05, 0.1) is 6.54 Å². The molecular weight excluding hydrogens is 360 g/mol. The van der Waals surface area contributed by atoms with Crippen molar-refractivity contribution in [2.75, 3.05) is 32.7 Å². The largest absolute Gasteiger partial charge is 0.487 e. The average Bonchev–Trinajstić information content (AvgIpc) is 2.65. The van der Waals surface area contributed by atoms with Gasteiger partial charge in [-0.2, -0.15) is 0 Å². The molecule has 0 N–H and O–H groups in total. The molecule has 4 amide bonds. The second-order valence-electron chi connectivity index (χ2n) is 6.26. The van der Waals surface area contributed by atoms with Gasteiger partial charge in [0.25, 0.3) is 0 Å². The third-order valence-corrected chi connectivity index (χ3v) is 4.88. The van der Waals surface area contributed by atoms with Gasteiger partial charge in [0, 0.05) is 44.6 Å². The molecule has 140 valence electrons. The number of hydrogen-bond acceptors (Lipinski definition) is 5. The van der Waals surface area contributed by atoms with Crippen LogP contribution in [0.15, 0.2) is 18.5 Å². The summed E-state index contributed by atoms with van der Waals surface area (Å²) in [6.07, 6.45) is 4.38. The van der Waals surface area contributed by atoms with E-state index in [1.807, 2.05) is 0 Å². The van der Waals surface area contributed by atoms with E-state index in [1.54, 1.807) is 24.1 Å². The summed E-state index contributed by atoms with van der Waals surface area (Å²) < 4.78 is 5.89. The number of hydrogen-bond donors (Lipinski definition) is 0. The Morgan fingerprint density at radius 1 is 1.31 bits per heavy atom. The molecule has 0 aliphatic carbocycles. The lowest BCUT2D eigenvalue weighted by atomic mass is 10.1. The van der Waals surface area contributed by atoms with Crippen LogP contribution in [0.2, 0.25) is 5.02 Å². The maximum atomic E-state index is 12.7. The Kier molecular flexibility index (Phi) is 5.61. The molecule has 2 aliphatic heterocycles. The average molecular weight is 381 g/mol. The van der Waals surface area contributed by atoms with Crippen LogP contribution in [0.1, 0.15) is 19.8 Å². The lowest BCUT2D eigenvalue weighted by Gasteiger charge is -2.38. The number of rotatable bonds is 3. The number of carbonyl (C=O) groups excluding carboxylic acids is 3. The Morgan fingerprint density at radius 3 is 2.85 bits per heavy atom. The highest BCUT2D eigenvalue weighted by Crippen LogP contribution is 2.26. The van der Waals surface area contributed by atoms with Crippen LogP contribution >= 0.6 is 11.6 Å². The number of piperazine rings is 1. The van der Waals surface area contributed by atoms with Crippen LogP contribution in [-0.2, 0) is 9.59 Å². The highest BCUT2D eigenvalue weighted by Gasteiger charge is 2.38. The van der Waals surface area contributed by atoms with Crippen LogP contribution < -0.4 is 4.74 Å². The lowest BCUT2D eigenvalue weighted by molar-refractivity contribution is -0.154. The first-order valence-corrected chi connectivity index (χ1v) is 9.05. The van der Waals surface area contributed by atoms with E-state index in [1.165, 1.54) is 11.1 Å². The highest BCUT2D eigenvalue weighted by atomic mass is 35.5. The number of imide groups is 1. The molecule has 26 heavy (non-hydrogen) atoms. The van der Waals surface area contributed by atoms with E-state index >= 15 is 0 Å². The molecule has 0 spiro atoms. The van der Waals surface area contributed by atoms with Crippen molar-refractivity contribution in [1.82, 2.24) is 19.7 Å². The van der Waals surface area contributed by atoms with Crippen LogP contribution in [0.3, 0.4) is 0 Å². The first-order chi connectivity index (χ1) is 12.5. The zero-order valence-corrected chi connectivity index (χ0v) is 15.3. The molecule has 0 aromatic carbocycles. The quantitative estimate of drug-likeness (QED) is 0.740. The Hall–Kier alpha value is -2.35. The van der Waals surface area contributed by atoms with Gasteiger partial charge < -0.3 is 14.5 Å². The van der Waals surface area contributed by atoms with Crippen molar-refractivity contribution in [3.63, 3.8) is 0 Å². The first-order valence-electron chi connectivity index (χ1n) is 8.67. The van der Waals surface area contributed by atoms with Gasteiger partial charge in [-0.3, -0.25) is 19.5 Å². The van der Waals surface area contributed by atoms with Crippen molar-refractivity contribution in [3.8, 4) is 5.75 Å². The zero-order chi connectivity index (χ0) is 18.7. The van der Waals surface area contributed by atoms with E-state index in [2.05, 4.69) is 4.98 Å². The fourth-order valence-electron chi connectivity index (χ4n) is 3.18. The normalized spacial score (nSPS) is 21.2. The molecule has 0 radical (unpaired) electrons. The topological polar surface area (TPSA) is 83.0 Å². The van der Waals surface area contributed by atoms with Gasteiger partial charge in [0.1, 0.15) is 16.9 Å². The second kappa shape index (κ2) is 7.90. The van der Waals surface area contributed by atoms with Gasteiger partial charge in [-0.1, -0.05) is 11.6 Å². The number of likely N-dealkylation sites (N-methyl/N-ethyl adjacent to an activating group) is 1. The first kappa shape index (κ1) is 18.4. The number of aromatic nitrogens is 1. The predicted octanol–water partition coefficient (Wildman–Crippen LogP) is 1.39. The van der Waals surface area contributed by atoms with Crippen molar-refractivity contribution in [2.45, 2.75) is 25.9 Å². The SMILES string of the molecule is CCN1CCN(C(=O)N2CCC[C@@H](Oc3ccncc3Cl)C2)C(=O)C1=O. The van der Waals surface area contributed by atoms with Gasteiger partial charge in [-0.25, -0.2) is 4.79 Å². The summed E-state index contributed by atoms with van der Waals surface area (Å²) in [6.45, 7) is 3.71. The summed E-state index contributed by atoms with van der Waals surface area (Å²) in [6, 6.07) is 1.24. The third kappa shape index (κ3) is 3.75. The number of urea groups is 1. The molecule has 1 aromatic rings. The van der Waals surface area contributed by atoms with E-state index in [9.17, 15) is 14.4 Å². The molecule has 2 saturated heterocycles. The maximum Gasteiger partial charge on any atom is 0.327 e. The summed E-state index contributed by atoms with van der Waals surface area (Å²) in [5.74, 6) is -0.868. The summed E-state index contributed by atoms with van der Waals surface area (Å²) in [5.41, 5.74) is 0. The van der Waals surface area contributed by atoms with Gasteiger partial charge >= 0.3 is 17.8 Å². The van der Waals surface area contributed by atoms with Crippen molar-refractivity contribution in [3.05, 3.63) is 23.5 Å². The molecule has 0 bridgehead atoms. The minimum absolute atomic E-state index is 0.218. The minimum atomic E-state index is -0.761. The molecule has 2 fully saturated rings. The number of carbonyl (C=O) groups is 3. The Bertz CT molecular complexity index is 714. The smallest absolute Gasteiger partial charge is 0.327 e. The minimum Gasteiger partial charge on any atom is -0.487 e. The lowest BCUT2D eigenvalue weighted by Crippen LogP contribution is -2.60. The molecule has 0 saturated carbocycles. The summed E-state index contributed by atoms with van der Waals surface area (Å²) in [7, 11) is 0. The van der Waals surface area contributed by atoms with E-state index in [0.29, 0.717) is 37.0 Å². The molecule has 1 atom stereocenters. The third-order valence-electron chi connectivity index (χ3n) is 4.60. The summed E-state index contributed by atoms with van der Waals surface area (Å²) >= 11 is 6.06. The molecule has 0 unspecified atom stereocenters. The molecule has 1 aromatic heterocycles. The molecule has 8 nitrogen and oxygen atoms in total. The summed E-state index contributed by atoms with van der Waals surface area (Å²) in [4.78, 5) is 44.9. The zero-order valence-electron chi connectivity index (χ0n) is 14.6. The Labute approximate surface area is 156 Å². The van der Waals surface area contributed by atoms with Crippen molar-refractivity contribution in [2.24, 2.45) is 0 Å². The van der Waals surface area contributed by atoms with Gasteiger partial charge in [-0.15, -0.1) is 0 Å². The van der Waals surface area contributed by atoms with Crippen molar-refractivity contribution >= 4 is 29.4 Å². The number of ether oxygens (including phenoxy) is 1. The molecular formula is C17H21ClN4O4. The number of pyridine rings is 1. The fraction of sp³-hybridized carbons (Fsp3) is 0.529. The fourth-order valence-corrected chi connectivity index (χ4v) is 3.34. The monoisotopic (exact) mass is 380 g/mol. The van der Waals surface area contributed by atoms with E-state index < -0.39 is 17.8 Å². The maximum absolute atomic E-state index is 12.7. The predicted molar refractivity (Wildman–Crippen MR) is 93.8 cm³/mol. The molecule has 9 heteroatoms. The van der Waals surface area contributed by atoms with Crippen LogP contribution in [0.25, 0.3) is 0 Å². The molecule has 3 heterocycles. The van der Waals surface area contributed by atoms with Gasteiger partial charge in [0.2, 0.25) is 0 Å². The number of nitrogens with zero attached hydrogens (tertiary/aromatic N) is 4. The van der Waals surface area contributed by atoms with E-state index in [0.717, 1.165) is 17.7 Å².